The zero-order valence-electron chi connectivity index (χ0n) is 20.0. The van der Waals surface area contributed by atoms with Gasteiger partial charge in [-0.25, -0.2) is 13.9 Å². The highest BCUT2D eigenvalue weighted by atomic mass is 19.1. The van der Waals surface area contributed by atoms with Gasteiger partial charge in [0, 0.05) is 26.2 Å². The molecule has 0 spiro atoms. The number of carbonyl (C=O) groups is 1. The van der Waals surface area contributed by atoms with Gasteiger partial charge >= 0.3 is 6.09 Å². The minimum absolute atomic E-state index is 0.169. The van der Waals surface area contributed by atoms with E-state index in [0.717, 1.165) is 29.8 Å². The Balaban J connectivity index is 1.60. The Morgan fingerprint density at radius 1 is 1.03 bits per heavy atom. The molecule has 180 valence electrons. The highest BCUT2D eigenvalue weighted by molar-refractivity contribution is 5.68. The third kappa shape index (κ3) is 5.99. The average molecular weight is 466 g/mol. The third-order valence-corrected chi connectivity index (χ3v) is 5.84. The van der Waals surface area contributed by atoms with E-state index >= 15 is 0 Å². The first-order chi connectivity index (χ1) is 16.3. The van der Waals surface area contributed by atoms with Gasteiger partial charge in [0.2, 0.25) is 0 Å². The number of nitrogens with zero attached hydrogens (tertiary/aromatic N) is 5. The molecular formula is C26H32FN5O2. The largest absolute Gasteiger partial charge is 0.444 e. The van der Waals surface area contributed by atoms with E-state index in [4.69, 9.17) is 4.74 Å². The number of halogens is 1. The molecule has 0 bridgehead atoms. The maximum absolute atomic E-state index is 13.7. The van der Waals surface area contributed by atoms with E-state index in [1.807, 2.05) is 55.8 Å². The SMILES string of the molecule is CC(C)(C)OC(=O)N1CCCN(C(c2ccc(F)cc2)c2cnnn2Cc2ccccc2)CC1. The van der Waals surface area contributed by atoms with Crippen molar-refractivity contribution >= 4 is 6.09 Å². The number of benzene rings is 2. The van der Waals surface area contributed by atoms with Gasteiger partial charge in [0.1, 0.15) is 11.4 Å². The van der Waals surface area contributed by atoms with E-state index in [1.54, 1.807) is 11.1 Å². The van der Waals surface area contributed by atoms with Crippen LogP contribution in [0.1, 0.15) is 50.1 Å². The van der Waals surface area contributed by atoms with Crippen LogP contribution in [0.4, 0.5) is 9.18 Å². The average Bonchev–Trinajstić information content (AvgIpc) is 3.09. The van der Waals surface area contributed by atoms with Crippen molar-refractivity contribution < 1.29 is 13.9 Å². The van der Waals surface area contributed by atoms with Gasteiger partial charge in [0.15, 0.2) is 0 Å². The Bertz CT molecular complexity index is 1080. The number of rotatable bonds is 5. The van der Waals surface area contributed by atoms with Crippen LogP contribution < -0.4 is 0 Å². The Hall–Kier alpha value is -3.26. The first kappa shape index (κ1) is 23.9. The van der Waals surface area contributed by atoms with Crippen molar-refractivity contribution in [3.8, 4) is 0 Å². The summed E-state index contributed by atoms with van der Waals surface area (Å²) in [6, 6.07) is 16.5. The molecule has 1 atom stereocenters. The van der Waals surface area contributed by atoms with E-state index in [1.165, 1.54) is 12.1 Å². The topological polar surface area (TPSA) is 63.5 Å². The maximum Gasteiger partial charge on any atom is 0.410 e. The van der Waals surface area contributed by atoms with Crippen LogP contribution in [0, 0.1) is 5.82 Å². The minimum Gasteiger partial charge on any atom is -0.444 e. The van der Waals surface area contributed by atoms with Gasteiger partial charge in [-0.3, -0.25) is 4.90 Å². The highest BCUT2D eigenvalue weighted by Gasteiger charge is 2.30. The zero-order chi connectivity index (χ0) is 24.1. The Morgan fingerprint density at radius 3 is 2.47 bits per heavy atom. The molecule has 2 aromatic carbocycles. The van der Waals surface area contributed by atoms with Gasteiger partial charge in [-0.1, -0.05) is 47.7 Å². The first-order valence-corrected chi connectivity index (χ1v) is 11.7. The van der Waals surface area contributed by atoms with Crippen LogP contribution in [0.25, 0.3) is 0 Å². The number of hydrogen-bond acceptors (Lipinski definition) is 5. The summed E-state index contributed by atoms with van der Waals surface area (Å²) >= 11 is 0. The van der Waals surface area contributed by atoms with E-state index in [-0.39, 0.29) is 18.0 Å². The number of ether oxygens (including phenoxy) is 1. The molecule has 2 heterocycles. The summed E-state index contributed by atoms with van der Waals surface area (Å²) in [5.74, 6) is -0.273. The molecule has 0 radical (unpaired) electrons. The van der Waals surface area contributed by atoms with Gasteiger partial charge in [0.25, 0.3) is 0 Å². The highest BCUT2D eigenvalue weighted by Crippen LogP contribution is 2.30. The molecule has 1 fully saturated rings. The third-order valence-electron chi connectivity index (χ3n) is 5.84. The lowest BCUT2D eigenvalue weighted by Gasteiger charge is -2.31. The van der Waals surface area contributed by atoms with Crippen LogP contribution in [-0.4, -0.2) is 62.7 Å². The molecule has 34 heavy (non-hydrogen) atoms. The van der Waals surface area contributed by atoms with Crippen molar-refractivity contribution in [3.05, 3.63) is 83.4 Å². The second-order valence-corrected chi connectivity index (χ2v) is 9.61. The van der Waals surface area contributed by atoms with E-state index in [9.17, 15) is 9.18 Å². The van der Waals surface area contributed by atoms with Crippen LogP contribution in [-0.2, 0) is 11.3 Å². The number of hydrogen-bond donors (Lipinski definition) is 0. The van der Waals surface area contributed by atoms with Crippen LogP contribution in [0.5, 0.6) is 0 Å². The fraction of sp³-hybridized carbons (Fsp3) is 0.423. The van der Waals surface area contributed by atoms with Gasteiger partial charge in [-0.15, -0.1) is 5.10 Å². The number of amides is 1. The summed E-state index contributed by atoms with van der Waals surface area (Å²) in [4.78, 5) is 16.7. The molecule has 1 saturated heterocycles. The van der Waals surface area contributed by atoms with Crippen molar-refractivity contribution in [2.24, 2.45) is 0 Å². The lowest BCUT2D eigenvalue weighted by Crippen LogP contribution is -2.40. The van der Waals surface area contributed by atoms with Gasteiger partial charge in [-0.2, -0.15) is 0 Å². The fourth-order valence-electron chi connectivity index (χ4n) is 4.28. The molecule has 1 aromatic heterocycles. The van der Waals surface area contributed by atoms with Crippen molar-refractivity contribution in [1.82, 2.24) is 24.8 Å². The number of carbonyl (C=O) groups excluding carboxylic acids is 1. The Labute approximate surface area is 200 Å². The molecule has 1 unspecified atom stereocenters. The quantitative estimate of drug-likeness (QED) is 0.555. The van der Waals surface area contributed by atoms with Crippen LogP contribution in [0.3, 0.4) is 0 Å². The van der Waals surface area contributed by atoms with E-state index in [0.29, 0.717) is 26.2 Å². The summed E-state index contributed by atoms with van der Waals surface area (Å²) in [6.45, 7) is 8.82. The van der Waals surface area contributed by atoms with Crippen LogP contribution in [0.2, 0.25) is 0 Å². The molecule has 1 aliphatic rings. The fourth-order valence-corrected chi connectivity index (χ4v) is 4.28. The van der Waals surface area contributed by atoms with Crippen molar-refractivity contribution in [2.45, 2.75) is 45.4 Å². The molecule has 7 nitrogen and oxygen atoms in total. The standard InChI is InChI=1S/C26H32FN5O2/c1-26(2,3)34-25(33)31-15-7-14-30(16-17-31)24(21-10-12-22(27)13-11-21)23-18-28-29-32(23)19-20-8-5-4-6-9-20/h4-6,8-13,18,24H,7,14-17,19H2,1-3H3. The molecule has 0 aliphatic carbocycles. The van der Waals surface area contributed by atoms with Gasteiger partial charge in [0.05, 0.1) is 24.5 Å². The van der Waals surface area contributed by atoms with Crippen molar-refractivity contribution in [3.63, 3.8) is 0 Å². The molecular weight excluding hydrogens is 433 g/mol. The maximum atomic E-state index is 13.7. The molecule has 8 heteroatoms. The van der Waals surface area contributed by atoms with Crippen molar-refractivity contribution in [1.29, 1.82) is 0 Å². The molecule has 3 aromatic rings. The molecule has 1 amide bonds. The second-order valence-electron chi connectivity index (χ2n) is 9.61. The van der Waals surface area contributed by atoms with Crippen LogP contribution >= 0.6 is 0 Å². The van der Waals surface area contributed by atoms with E-state index in [2.05, 4.69) is 27.3 Å². The zero-order valence-corrected chi connectivity index (χ0v) is 20.0. The Morgan fingerprint density at radius 2 is 1.76 bits per heavy atom. The lowest BCUT2D eigenvalue weighted by molar-refractivity contribution is 0.0256. The normalized spacial score (nSPS) is 16.2. The van der Waals surface area contributed by atoms with Gasteiger partial charge < -0.3 is 9.64 Å². The summed E-state index contributed by atoms with van der Waals surface area (Å²) in [5.41, 5.74) is 2.49. The molecule has 4 rings (SSSR count). The number of aromatic nitrogens is 3. The molecule has 0 N–H and O–H groups in total. The first-order valence-electron chi connectivity index (χ1n) is 11.7. The predicted molar refractivity (Wildman–Crippen MR) is 128 cm³/mol. The summed E-state index contributed by atoms with van der Waals surface area (Å²) in [6.07, 6.45) is 2.30. The smallest absolute Gasteiger partial charge is 0.410 e. The van der Waals surface area contributed by atoms with E-state index < -0.39 is 5.60 Å². The summed E-state index contributed by atoms with van der Waals surface area (Å²) in [7, 11) is 0. The summed E-state index contributed by atoms with van der Waals surface area (Å²) in [5, 5.41) is 8.57. The molecule has 1 aliphatic heterocycles. The Kier molecular flexibility index (Phi) is 7.26. The predicted octanol–water partition coefficient (Wildman–Crippen LogP) is 4.50. The monoisotopic (exact) mass is 465 g/mol. The van der Waals surface area contributed by atoms with Crippen molar-refractivity contribution in [2.75, 3.05) is 26.2 Å². The van der Waals surface area contributed by atoms with Gasteiger partial charge in [-0.05, 0) is 50.5 Å². The molecule has 0 saturated carbocycles. The second kappa shape index (κ2) is 10.3. The van der Waals surface area contributed by atoms with Crippen LogP contribution in [0.15, 0.2) is 60.8 Å². The minimum atomic E-state index is -0.532. The summed E-state index contributed by atoms with van der Waals surface area (Å²) < 4.78 is 21.2. The lowest BCUT2D eigenvalue weighted by atomic mass is 10.0.